The second-order valence-electron chi connectivity index (χ2n) is 7.19. The smallest absolute Gasteiger partial charge is 0.303 e. The zero-order valence-electron chi connectivity index (χ0n) is 13.4. The Balaban J connectivity index is 1.93. The molecule has 1 N–H and O–H groups in total. The van der Waals surface area contributed by atoms with Crippen LogP contribution in [-0.4, -0.2) is 11.1 Å². The molecule has 0 bridgehead atoms. The Morgan fingerprint density at radius 1 is 1.14 bits per heavy atom. The molecular formula is C19H28O2. The van der Waals surface area contributed by atoms with Crippen molar-refractivity contribution in [3.63, 3.8) is 0 Å². The molecule has 0 radical (unpaired) electrons. The van der Waals surface area contributed by atoms with Crippen LogP contribution >= 0.6 is 0 Å². The van der Waals surface area contributed by atoms with Crippen LogP contribution in [0.3, 0.4) is 0 Å². The summed E-state index contributed by atoms with van der Waals surface area (Å²) in [5.74, 6) is 0.0531. The summed E-state index contributed by atoms with van der Waals surface area (Å²) in [5, 5.41) is 9.16. The monoisotopic (exact) mass is 288 g/mol. The van der Waals surface area contributed by atoms with Gasteiger partial charge < -0.3 is 5.11 Å². The molecule has 0 amide bonds. The summed E-state index contributed by atoms with van der Waals surface area (Å²) in [6, 6.07) is 8.91. The van der Waals surface area contributed by atoms with Crippen LogP contribution in [0.4, 0.5) is 0 Å². The lowest BCUT2D eigenvalue weighted by molar-refractivity contribution is -0.139. The van der Waals surface area contributed by atoms with Crippen molar-refractivity contribution in [2.75, 3.05) is 0 Å². The highest BCUT2D eigenvalue weighted by atomic mass is 16.4. The molecule has 1 fully saturated rings. The van der Waals surface area contributed by atoms with E-state index < -0.39 is 5.97 Å². The number of aliphatic carboxylic acids is 1. The predicted molar refractivity (Wildman–Crippen MR) is 86.5 cm³/mol. The van der Waals surface area contributed by atoms with Gasteiger partial charge in [-0.3, -0.25) is 4.79 Å². The maximum Gasteiger partial charge on any atom is 0.303 e. The number of hydrogen-bond donors (Lipinski definition) is 1. The van der Waals surface area contributed by atoms with E-state index in [-0.39, 0.29) is 5.41 Å². The molecule has 0 atom stereocenters. The molecule has 1 aliphatic rings. The molecule has 0 aromatic heterocycles. The second-order valence-corrected chi connectivity index (χ2v) is 7.19. The molecule has 116 valence electrons. The molecule has 0 aliphatic heterocycles. The lowest BCUT2D eigenvalue weighted by Gasteiger charge is -2.27. The third-order valence-electron chi connectivity index (χ3n) is 4.80. The highest BCUT2D eigenvalue weighted by molar-refractivity contribution is 5.67. The topological polar surface area (TPSA) is 37.3 Å². The van der Waals surface area contributed by atoms with Gasteiger partial charge in [0, 0.05) is 0 Å². The Bertz CT molecular complexity index is 453. The highest BCUT2D eigenvalue weighted by Crippen LogP contribution is 2.44. The van der Waals surface area contributed by atoms with Crippen molar-refractivity contribution in [2.24, 2.45) is 11.3 Å². The maximum atomic E-state index is 11.1. The van der Waals surface area contributed by atoms with Gasteiger partial charge >= 0.3 is 5.97 Å². The van der Waals surface area contributed by atoms with Crippen molar-refractivity contribution in [2.45, 2.75) is 65.2 Å². The van der Waals surface area contributed by atoms with Crippen LogP contribution in [0, 0.1) is 11.3 Å². The minimum Gasteiger partial charge on any atom is -0.481 e. The van der Waals surface area contributed by atoms with E-state index in [4.69, 9.17) is 5.11 Å². The first-order chi connectivity index (χ1) is 9.99. The third kappa shape index (κ3) is 4.87. The molecule has 1 aromatic carbocycles. The molecule has 2 rings (SSSR count). The van der Waals surface area contributed by atoms with Crippen LogP contribution < -0.4 is 0 Å². The quantitative estimate of drug-likeness (QED) is 0.778. The van der Waals surface area contributed by atoms with Crippen molar-refractivity contribution in [1.29, 1.82) is 0 Å². The van der Waals surface area contributed by atoms with Crippen molar-refractivity contribution >= 4 is 5.97 Å². The van der Waals surface area contributed by atoms with E-state index in [1.165, 1.54) is 24.0 Å². The Kier molecular flexibility index (Phi) is 5.44. The van der Waals surface area contributed by atoms with E-state index in [9.17, 15) is 4.79 Å². The standard InChI is InChI=1S/C19H28O2/c1-15(2)13-17-7-5-16(6-8-17)9-12-19(14-18(20)21)10-3-4-11-19/h5-8,15H,3-4,9-14H2,1-2H3,(H,20,21). The Morgan fingerprint density at radius 3 is 2.24 bits per heavy atom. The van der Waals surface area contributed by atoms with Gasteiger partial charge in [0.15, 0.2) is 0 Å². The molecule has 0 unspecified atom stereocenters. The number of aryl methyl sites for hydroxylation is 1. The first-order valence-electron chi connectivity index (χ1n) is 8.29. The second kappa shape index (κ2) is 7.11. The van der Waals surface area contributed by atoms with Gasteiger partial charge in [-0.25, -0.2) is 0 Å². The summed E-state index contributed by atoms with van der Waals surface area (Å²) in [5.41, 5.74) is 2.80. The van der Waals surface area contributed by atoms with Crippen LogP contribution in [0.15, 0.2) is 24.3 Å². The van der Waals surface area contributed by atoms with Crippen molar-refractivity contribution in [3.05, 3.63) is 35.4 Å². The molecule has 0 saturated heterocycles. The summed E-state index contributed by atoms with van der Waals surface area (Å²) in [7, 11) is 0. The molecule has 1 saturated carbocycles. The zero-order chi connectivity index (χ0) is 15.3. The van der Waals surface area contributed by atoms with Gasteiger partial charge in [0.25, 0.3) is 0 Å². The van der Waals surface area contributed by atoms with E-state index in [1.807, 2.05) is 0 Å². The van der Waals surface area contributed by atoms with Crippen molar-refractivity contribution < 1.29 is 9.90 Å². The van der Waals surface area contributed by atoms with E-state index in [0.717, 1.165) is 32.1 Å². The number of benzene rings is 1. The minimum absolute atomic E-state index is 0.0580. The van der Waals surface area contributed by atoms with Gasteiger partial charge in [-0.05, 0) is 54.6 Å². The fraction of sp³-hybridized carbons (Fsp3) is 0.632. The summed E-state index contributed by atoms with van der Waals surface area (Å²) in [6.45, 7) is 4.48. The summed E-state index contributed by atoms with van der Waals surface area (Å²) < 4.78 is 0. The number of hydrogen-bond acceptors (Lipinski definition) is 1. The lowest BCUT2D eigenvalue weighted by Crippen LogP contribution is -2.21. The van der Waals surface area contributed by atoms with Gasteiger partial charge in [-0.2, -0.15) is 0 Å². The fourth-order valence-electron chi connectivity index (χ4n) is 3.68. The average Bonchev–Trinajstić information content (AvgIpc) is 2.85. The van der Waals surface area contributed by atoms with Crippen LogP contribution in [0.5, 0.6) is 0 Å². The average molecular weight is 288 g/mol. The normalized spacial score (nSPS) is 17.3. The number of rotatable bonds is 7. The molecular weight excluding hydrogens is 260 g/mol. The van der Waals surface area contributed by atoms with Crippen LogP contribution in [0.1, 0.15) is 63.5 Å². The van der Waals surface area contributed by atoms with Gasteiger partial charge in [0.05, 0.1) is 6.42 Å². The lowest BCUT2D eigenvalue weighted by atomic mass is 9.77. The molecule has 1 aromatic rings. The first-order valence-corrected chi connectivity index (χ1v) is 8.29. The van der Waals surface area contributed by atoms with Crippen molar-refractivity contribution in [3.8, 4) is 0 Å². The Morgan fingerprint density at radius 2 is 1.71 bits per heavy atom. The third-order valence-corrected chi connectivity index (χ3v) is 4.80. The Hall–Kier alpha value is -1.31. The summed E-state index contributed by atoms with van der Waals surface area (Å²) in [4.78, 5) is 11.1. The van der Waals surface area contributed by atoms with E-state index in [1.54, 1.807) is 0 Å². The van der Waals surface area contributed by atoms with Crippen LogP contribution in [0.2, 0.25) is 0 Å². The molecule has 21 heavy (non-hydrogen) atoms. The van der Waals surface area contributed by atoms with E-state index in [2.05, 4.69) is 38.1 Å². The minimum atomic E-state index is -0.635. The SMILES string of the molecule is CC(C)Cc1ccc(CCC2(CC(=O)O)CCCC2)cc1. The molecule has 2 heteroatoms. The molecule has 0 heterocycles. The van der Waals surface area contributed by atoms with E-state index >= 15 is 0 Å². The predicted octanol–water partition coefficient (Wildman–Crippen LogP) is 4.85. The van der Waals surface area contributed by atoms with Gasteiger partial charge in [0.1, 0.15) is 0 Å². The summed E-state index contributed by atoms with van der Waals surface area (Å²) >= 11 is 0. The number of carbonyl (C=O) groups is 1. The zero-order valence-corrected chi connectivity index (χ0v) is 13.4. The van der Waals surface area contributed by atoms with Crippen molar-refractivity contribution in [1.82, 2.24) is 0 Å². The molecule has 0 spiro atoms. The summed E-state index contributed by atoms with van der Waals surface area (Å²) in [6.07, 6.45) is 8.07. The molecule has 1 aliphatic carbocycles. The first kappa shape index (κ1) is 16.1. The number of carboxylic acids is 1. The highest BCUT2D eigenvalue weighted by Gasteiger charge is 2.35. The maximum absolute atomic E-state index is 11.1. The van der Waals surface area contributed by atoms with E-state index in [0.29, 0.717) is 12.3 Å². The Labute approximate surface area is 128 Å². The fourth-order valence-corrected chi connectivity index (χ4v) is 3.68. The van der Waals surface area contributed by atoms with Gasteiger partial charge in [-0.1, -0.05) is 51.0 Å². The largest absolute Gasteiger partial charge is 0.481 e. The molecule has 2 nitrogen and oxygen atoms in total. The van der Waals surface area contributed by atoms with Crippen LogP contribution in [0.25, 0.3) is 0 Å². The van der Waals surface area contributed by atoms with Crippen LogP contribution in [-0.2, 0) is 17.6 Å². The van der Waals surface area contributed by atoms with Gasteiger partial charge in [0.2, 0.25) is 0 Å². The van der Waals surface area contributed by atoms with Gasteiger partial charge in [-0.15, -0.1) is 0 Å². The number of carboxylic acid groups (broad SMARTS) is 1.